The SMILES string of the molecule is CCCNC1CCC(C)c2cc(C)c(F)c(C)c21. The first-order valence-electron chi connectivity index (χ1n) is 7.09. The van der Waals surface area contributed by atoms with Crippen LogP contribution >= 0.6 is 0 Å². The number of fused-ring (bicyclic) bond motifs is 1. The van der Waals surface area contributed by atoms with Gasteiger partial charge in [-0.15, -0.1) is 0 Å². The fraction of sp³-hybridized carbons (Fsp3) is 0.625. The van der Waals surface area contributed by atoms with Crippen molar-refractivity contribution in [2.45, 2.75) is 58.9 Å². The third-order valence-corrected chi connectivity index (χ3v) is 4.17. The molecular formula is C16H24FN. The average molecular weight is 249 g/mol. The van der Waals surface area contributed by atoms with E-state index in [1.54, 1.807) is 0 Å². The van der Waals surface area contributed by atoms with Crippen molar-refractivity contribution >= 4 is 0 Å². The van der Waals surface area contributed by atoms with Gasteiger partial charge in [-0.2, -0.15) is 0 Å². The van der Waals surface area contributed by atoms with E-state index in [4.69, 9.17) is 0 Å². The Balaban J connectivity index is 2.45. The Labute approximate surface area is 110 Å². The molecule has 2 unspecified atom stereocenters. The van der Waals surface area contributed by atoms with E-state index in [0.717, 1.165) is 30.5 Å². The Hall–Kier alpha value is -0.890. The van der Waals surface area contributed by atoms with Gasteiger partial charge in [0.25, 0.3) is 0 Å². The van der Waals surface area contributed by atoms with Crippen LogP contribution in [0.25, 0.3) is 0 Å². The fourth-order valence-electron chi connectivity index (χ4n) is 3.11. The van der Waals surface area contributed by atoms with Crippen molar-refractivity contribution in [3.63, 3.8) is 0 Å². The molecule has 100 valence electrons. The number of hydrogen-bond acceptors (Lipinski definition) is 1. The van der Waals surface area contributed by atoms with Crippen LogP contribution in [-0.2, 0) is 0 Å². The Bertz CT molecular complexity index is 439. The molecule has 0 spiro atoms. The molecule has 2 atom stereocenters. The highest BCUT2D eigenvalue weighted by Crippen LogP contribution is 2.40. The molecule has 1 aromatic carbocycles. The van der Waals surface area contributed by atoms with Crippen LogP contribution in [0.15, 0.2) is 6.07 Å². The second-order valence-electron chi connectivity index (χ2n) is 5.62. The van der Waals surface area contributed by atoms with Gasteiger partial charge in [0, 0.05) is 6.04 Å². The molecular weight excluding hydrogens is 225 g/mol. The third-order valence-electron chi connectivity index (χ3n) is 4.17. The first kappa shape index (κ1) is 13.5. The molecule has 2 heteroatoms. The summed E-state index contributed by atoms with van der Waals surface area (Å²) in [5.74, 6) is 0.531. The normalized spacial score (nSPS) is 22.9. The summed E-state index contributed by atoms with van der Waals surface area (Å²) in [6.07, 6.45) is 3.44. The summed E-state index contributed by atoms with van der Waals surface area (Å²) >= 11 is 0. The smallest absolute Gasteiger partial charge is 0.129 e. The summed E-state index contributed by atoms with van der Waals surface area (Å²) in [4.78, 5) is 0. The predicted molar refractivity (Wildman–Crippen MR) is 74.6 cm³/mol. The summed E-state index contributed by atoms with van der Waals surface area (Å²) < 4.78 is 14.1. The lowest BCUT2D eigenvalue weighted by Gasteiger charge is -2.32. The van der Waals surface area contributed by atoms with Crippen molar-refractivity contribution in [1.29, 1.82) is 0 Å². The van der Waals surface area contributed by atoms with Gasteiger partial charge in [-0.3, -0.25) is 0 Å². The minimum absolute atomic E-state index is 0.0221. The van der Waals surface area contributed by atoms with Crippen LogP contribution in [0.4, 0.5) is 4.39 Å². The van der Waals surface area contributed by atoms with E-state index >= 15 is 0 Å². The quantitative estimate of drug-likeness (QED) is 0.838. The highest BCUT2D eigenvalue weighted by Gasteiger charge is 2.27. The van der Waals surface area contributed by atoms with Gasteiger partial charge in [0.15, 0.2) is 0 Å². The minimum atomic E-state index is -0.0221. The summed E-state index contributed by atoms with van der Waals surface area (Å²) in [7, 11) is 0. The van der Waals surface area contributed by atoms with Crippen molar-refractivity contribution in [2.24, 2.45) is 0 Å². The van der Waals surface area contributed by atoms with Crippen LogP contribution < -0.4 is 5.32 Å². The van der Waals surface area contributed by atoms with Crippen molar-refractivity contribution in [3.8, 4) is 0 Å². The molecule has 0 radical (unpaired) electrons. The van der Waals surface area contributed by atoms with Crippen LogP contribution in [0, 0.1) is 19.7 Å². The number of hydrogen-bond donors (Lipinski definition) is 1. The third kappa shape index (κ3) is 2.31. The van der Waals surface area contributed by atoms with Crippen molar-refractivity contribution < 1.29 is 4.39 Å². The molecule has 1 aromatic rings. The maximum Gasteiger partial charge on any atom is 0.129 e. The molecule has 0 fully saturated rings. The van der Waals surface area contributed by atoms with Gasteiger partial charge in [-0.25, -0.2) is 4.39 Å². The lowest BCUT2D eigenvalue weighted by atomic mass is 9.78. The van der Waals surface area contributed by atoms with Gasteiger partial charge in [0.2, 0.25) is 0 Å². The van der Waals surface area contributed by atoms with Crippen molar-refractivity contribution in [3.05, 3.63) is 34.1 Å². The Kier molecular flexibility index (Phi) is 4.06. The molecule has 0 amide bonds. The molecule has 0 heterocycles. The molecule has 1 aliphatic rings. The van der Waals surface area contributed by atoms with E-state index in [9.17, 15) is 4.39 Å². The monoisotopic (exact) mass is 249 g/mol. The summed E-state index contributed by atoms with van der Waals surface area (Å²) in [5, 5.41) is 3.57. The largest absolute Gasteiger partial charge is 0.310 e. The zero-order chi connectivity index (χ0) is 13.3. The van der Waals surface area contributed by atoms with Gasteiger partial charge < -0.3 is 5.32 Å². The number of halogens is 1. The standard InChI is InChI=1S/C16H24FN/c1-5-8-18-14-7-6-10(2)13-9-11(3)16(17)12(4)15(13)14/h9-10,14,18H,5-8H2,1-4H3. The molecule has 1 aliphatic carbocycles. The van der Waals surface area contributed by atoms with Crippen LogP contribution in [0.3, 0.4) is 0 Å². The number of rotatable bonds is 3. The second kappa shape index (κ2) is 5.40. The second-order valence-corrected chi connectivity index (χ2v) is 5.62. The first-order chi connectivity index (χ1) is 8.56. The zero-order valence-electron chi connectivity index (χ0n) is 11.9. The molecule has 1 nitrogen and oxygen atoms in total. The average Bonchev–Trinajstić information content (AvgIpc) is 2.36. The number of benzene rings is 1. The van der Waals surface area contributed by atoms with Crippen LogP contribution in [0.1, 0.15) is 67.3 Å². The molecule has 1 N–H and O–H groups in total. The predicted octanol–water partition coefficient (Wildman–Crippen LogP) is 4.38. The fourth-order valence-corrected chi connectivity index (χ4v) is 3.11. The highest BCUT2D eigenvalue weighted by molar-refractivity contribution is 5.44. The van der Waals surface area contributed by atoms with E-state index in [1.807, 2.05) is 13.8 Å². The van der Waals surface area contributed by atoms with Crippen molar-refractivity contribution in [2.75, 3.05) is 6.54 Å². The molecule has 0 aliphatic heterocycles. The molecule has 0 bridgehead atoms. The maximum absolute atomic E-state index is 14.1. The Morgan fingerprint density at radius 2 is 2.06 bits per heavy atom. The minimum Gasteiger partial charge on any atom is -0.310 e. The molecule has 0 saturated carbocycles. The highest BCUT2D eigenvalue weighted by atomic mass is 19.1. The van der Waals surface area contributed by atoms with E-state index < -0.39 is 0 Å². The van der Waals surface area contributed by atoms with Gasteiger partial charge in [0.05, 0.1) is 0 Å². The van der Waals surface area contributed by atoms with Gasteiger partial charge in [0.1, 0.15) is 5.82 Å². The Morgan fingerprint density at radius 3 is 2.72 bits per heavy atom. The molecule has 0 aromatic heterocycles. The lowest BCUT2D eigenvalue weighted by molar-refractivity contribution is 0.426. The van der Waals surface area contributed by atoms with Crippen LogP contribution in [0.5, 0.6) is 0 Å². The summed E-state index contributed by atoms with van der Waals surface area (Å²) in [6.45, 7) is 9.24. The molecule has 2 rings (SSSR count). The number of aryl methyl sites for hydroxylation is 1. The van der Waals surface area contributed by atoms with E-state index in [0.29, 0.717) is 12.0 Å². The van der Waals surface area contributed by atoms with E-state index in [2.05, 4.69) is 25.2 Å². The van der Waals surface area contributed by atoms with Crippen LogP contribution in [0.2, 0.25) is 0 Å². The molecule has 18 heavy (non-hydrogen) atoms. The van der Waals surface area contributed by atoms with E-state index in [-0.39, 0.29) is 5.82 Å². The van der Waals surface area contributed by atoms with Crippen molar-refractivity contribution in [1.82, 2.24) is 5.32 Å². The number of nitrogens with one attached hydrogen (secondary N) is 1. The summed E-state index contributed by atoms with van der Waals surface area (Å²) in [6, 6.07) is 2.40. The topological polar surface area (TPSA) is 12.0 Å². The zero-order valence-corrected chi connectivity index (χ0v) is 11.9. The summed E-state index contributed by atoms with van der Waals surface area (Å²) in [5.41, 5.74) is 4.22. The van der Waals surface area contributed by atoms with Gasteiger partial charge >= 0.3 is 0 Å². The Morgan fingerprint density at radius 1 is 1.33 bits per heavy atom. The maximum atomic E-state index is 14.1. The lowest BCUT2D eigenvalue weighted by Crippen LogP contribution is -2.28. The van der Waals surface area contributed by atoms with Gasteiger partial charge in [-0.1, -0.05) is 19.9 Å². The van der Waals surface area contributed by atoms with E-state index in [1.165, 1.54) is 17.5 Å². The van der Waals surface area contributed by atoms with Gasteiger partial charge in [-0.05, 0) is 67.8 Å². The van der Waals surface area contributed by atoms with Crippen LogP contribution in [-0.4, -0.2) is 6.54 Å². The first-order valence-corrected chi connectivity index (χ1v) is 7.09. The molecule has 0 saturated heterocycles.